The molecule has 1 atom stereocenters. The van der Waals surface area contributed by atoms with E-state index in [4.69, 9.17) is 11.6 Å². The summed E-state index contributed by atoms with van der Waals surface area (Å²) in [5.41, 5.74) is 1.86. The van der Waals surface area contributed by atoms with Crippen molar-refractivity contribution in [2.45, 2.75) is 25.8 Å². The lowest BCUT2D eigenvalue weighted by molar-refractivity contribution is 0.513. The fourth-order valence-electron chi connectivity index (χ4n) is 2.21. The van der Waals surface area contributed by atoms with Crippen molar-refractivity contribution in [1.29, 1.82) is 0 Å². The smallest absolute Gasteiger partial charge is 0.126 e. The predicted octanol–water partition coefficient (Wildman–Crippen LogP) is 4.76. The zero-order chi connectivity index (χ0) is 14.4. The van der Waals surface area contributed by atoms with Gasteiger partial charge in [-0.2, -0.15) is 0 Å². The molecule has 0 radical (unpaired) electrons. The Morgan fingerprint density at radius 1 is 1.10 bits per heavy atom. The highest BCUT2D eigenvalue weighted by Crippen LogP contribution is 2.22. The number of hydrogen-bond acceptors (Lipinski definition) is 1. The van der Waals surface area contributed by atoms with Crippen LogP contribution in [0.25, 0.3) is 0 Å². The van der Waals surface area contributed by atoms with Gasteiger partial charge in [-0.15, -0.1) is 0 Å². The highest BCUT2D eigenvalue weighted by Gasteiger charge is 2.13. The molecule has 0 aliphatic heterocycles. The van der Waals surface area contributed by atoms with Crippen molar-refractivity contribution in [3.8, 4) is 0 Å². The Kier molecular flexibility index (Phi) is 5.57. The lowest BCUT2D eigenvalue weighted by Gasteiger charge is -2.19. The molecule has 0 aliphatic carbocycles. The monoisotopic (exact) mass is 291 g/mol. The Labute approximate surface area is 124 Å². The van der Waals surface area contributed by atoms with Gasteiger partial charge < -0.3 is 5.32 Å². The zero-order valence-corrected chi connectivity index (χ0v) is 12.3. The van der Waals surface area contributed by atoms with E-state index in [1.807, 2.05) is 36.4 Å². The summed E-state index contributed by atoms with van der Waals surface area (Å²) in [5, 5.41) is 4.19. The minimum absolute atomic E-state index is 0.101. The molecule has 0 aliphatic rings. The summed E-state index contributed by atoms with van der Waals surface area (Å²) in [5.74, 6) is -0.148. The van der Waals surface area contributed by atoms with Gasteiger partial charge in [-0.25, -0.2) is 4.39 Å². The van der Waals surface area contributed by atoms with Gasteiger partial charge in [0.15, 0.2) is 0 Å². The van der Waals surface area contributed by atoms with Crippen molar-refractivity contribution in [3.05, 3.63) is 70.5 Å². The third-order valence-corrected chi connectivity index (χ3v) is 3.55. The van der Waals surface area contributed by atoms with Gasteiger partial charge in [0.1, 0.15) is 5.82 Å². The van der Waals surface area contributed by atoms with Gasteiger partial charge in [-0.3, -0.25) is 0 Å². The van der Waals surface area contributed by atoms with Crippen LogP contribution in [-0.2, 0) is 6.42 Å². The van der Waals surface area contributed by atoms with Crippen LogP contribution in [0.5, 0.6) is 0 Å². The molecule has 2 rings (SSSR count). The standard InChI is InChI=1S/C17H19ClFN/c1-2-11-20-17(13-7-9-15(18)10-8-13)12-14-5-3-4-6-16(14)19/h3-10,17,20H,2,11-12H2,1H3. The molecule has 106 valence electrons. The van der Waals surface area contributed by atoms with Crippen LogP contribution in [0.4, 0.5) is 4.39 Å². The van der Waals surface area contributed by atoms with Crippen molar-refractivity contribution >= 4 is 11.6 Å². The quantitative estimate of drug-likeness (QED) is 0.809. The average molecular weight is 292 g/mol. The molecule has 0 bridgehead atoms. The summed E-state index contributed by atoms with van der Waals surface area (Å²) in [6.45, 7) is 3.02. The molecule has 1 unspecified atom stereocenters. The summed E-state index contributed by atoms with van der Waals surface area (Å²) in [6.07, 6.45) is 1.68. The van der Waals surface area contributed by atoms with Gasteiger partial charge in [0.2, 0.25) is 0 Å². The van der Waals surface area contributed by atoms with E-state index in [1.54, 1.807) is 6.07 Å². The predicted molar refractivity (Wildman–Crippen MR) is 82.6 cm³/mol. The van der Waals surface area contributed by atoms with Crippen molar-refractivity contribution < 1.29 is 4.39 Å². The van der Waals surface area contributed by atoms with E-state index in [0.717, 1.165) is 24.1 Å². The highest BCUT2D eigenvalue weighted by molar-refractivity contribution is 6.30. The number of rotatable bonds is 6. The van der Waals surface area contributed by atoms with Crippen LogP contribution in [0.15, 0.2) is 48.5 Å². The Balaban J connectivity index is 2.19. The van der Waals surface area contributed by atoms with Gasteiger partial charge in [-0.05, 0) is 48.7 Å². The van der Waals surface area contributed by atoms with Crippen LogP contribution in [0.1, 0.15) is 30.5 Å². The normalized spacial score (nSPS) is 12.3. The third kappa shape index (κ3) is 4.06. The van der Waals surface area contributed by atoms with Gasteiger partial charge in [0.05, 0.1) is 0 Å². The first-order chi connectivity index (χ1) is 9.70. The molecule has 0 heterocycles. The Morgan fingerprint density at radius 2 is 1.80 bits per heavy atom. The third-order valence-electron chi connectivity index (χ3n) is 3.29. The molecular formula is C17H19ClFN. The Hall–Kier alpha value is -1.38. The lowest BCUT2D eigenvalue weighted by Crippen LogP contribution is -2.24. The van der Waals surface area contributed by atoms with Crippen molar-refractivity contribution in [2.75, 3.05) is 6.54 Å². The van der Waals surface area contributed by atoms with Crippen molar-refractivity contribution in [1.82, 2.24) is 5.32 Å². The first-order valence-electron chi connectivity index (χ1n) is 6.93. The molecular weight excluding hydrogens is 273 g/mol. The maximum atomic E-state index is 13.8. The second kappa shape index (κ2) is 7.41. The fourth-order valence-corrected chi connectivity index (χ4v) is 2.33. The number of hydrogen-bond donors (Lipinski definition) is 1. The van der Waals surface area contributed by atoms with Crippen LogP contribution in [-0.4, -0.2) is 6.54 Å². The van der Waals surface area contributed by atoms with Gasteiger partial charge >= 0.3 is 0 Å². The van der Waals surface area contributed by atoms with E-state index in [-0.39, 0.29) is 11.9 Å². The minimum Gasteiger partial charge on any atom is -0.310 e. The van der Waals surface area contributed by atoms with Crippen LogP contribution in [0.2, 0.25) is 5.02 Å². The largest absolute Gasteiger partial charge is 0.310 e. The van der Waals surface area contributed by atoms with E-state index < -0.39 is 0 Å². The summed E-state index contributed by atoms with van der Waals surface area (Å²) < 4.78 is 13.8. The fraction of sp³-hybridized carbons (Fsp3) is 0.294. The van der Waals surface area contributed by atoms with E-state index in [9.17, 15) is 4.39 Å². The average Bonchev–Trinajstić information content (AvgIpc) is 2.46. The maximum absolute atomic E-state index is 13.8. The highest BCUT2D eigenvalue weighted by atomic mass is 35.5. The number of nitrogens with one attached hydrogen (secondary N) is 1. The molecule has 3 heteroatoms. The van der Waals surface area contributed by atoms with Gasteiger partial charge in [0.25, 0.3) is 0 Å². The Morgan fingerprint density at radius 3 is 2.45 bits per heavy atom. The first kappa shape index (κ1) is 15.0. The van der Waals surface area contributed by atoms with Crippen molar-refractivity contribution in [3.63, 3.8) is 0 Å². The molecule has 20 heavy (non-hydrogen) atoms. The summed E-state index contributed by atoms with van der Waals surface area (Å²) in [7, 11) is 0. The topological polar surface area (TPSA) is 12.0 Å². The zero-order valence-electron chi connectivity index (χ0n) is 11.6. The van der Waals surface area contributed by atoms with Crippen LogP contribution >= 0.6 is 11.6 Å². The summed E-state index contributed by atoms with van der Waals surface area (Å²) in [4.78, 5) is 0. The Bertz CT molecular complexity index is 539. The molecule has 1 N–H and O–H groups in total. The van der Waals surface area contributed by atoms with E-state index in [2.05, 4.69) is 12.2 Å². The SMILES string of the molecule is CCCNC(Cc1ccccc1F)c1ccc(Cl)cc1. The number of halogens is 2. The van der Waals surface area contributed by atoms with Crippen LogP contribution < -0.4 is 5.32 Å². The van der Waals surface area contributed by atoms with E-state index >= 15 is 0 Å². The second-order valence-corrected chi connectivity index (χ2v) is 5.29. The molecule has 0 amide bonds. The molecule has 0 saturated carbocycles. The van der Waals surface area contributed by atoms with Gasteiger partial charge in [0, 0.05) is 11.1 Å². The molecule has 2 aromatic carbocycles. The summed E-state index contributed by atoms with van der Waals surface area (Å²) >= 11 is 5.93. The first-order valence-corrected chi connectivity index (χ1v) is 7.30. The van der Waals surface area contributed by atoms with E-state index in [0.29, 0.717) is 11.4 Å². The molecule has 0 saturated heterocycles. The molecule has 0 spiro atoms. The lowest BCUT2D eigenvalue weighted by atomic mass is 9.98. The van der Waals surface area contributed by atoms with Crippen LogP contribution in [0, 0.1) is 5.82 Å². The second-order valence-electron chi connectivity index (χ2n) is 4.85. The number of benzene rings is 2. The molecule has 0 fully saturated rings. The van der Waals surface area contributed by atoms with Crippen LogP contribution in [0.3, 0.4) is 0 Å². The maximum Gasteiger partial charge on any atom is 0.126 e. The minimum atomic E-state index is -0.148. The van der Waals surface area contributed by atoms with Gasteiger partial charge in [-0.1, -0.05) is 48.9 Å². The molecule has 2 aromatic rings. The molecule has 0 aromatic heterocycles. The van der Waals surface area contributed by atoms with E-state index in [1.165, 1.54) is 6.07 Å². The molecule has 1 nitrogen and oxygen atoms in total. The summed E-state index contributed by atoms with van der Waals surface area (Å²) in [6, 6.07) is 14.8. The van der Waals surface area contributed by atoms with Crippen molar-refractivity contribution in [2.24, 2.45) is 0 Å².